The van der Waals surface area contributed by atoms with E-state index in [4.69, 9.17) is 5.21 Å². The molecule has 3 aliphatic rings. The van der Waals surface area contributed by atoms with E-state index in [9.17, 15) is 14.7 Å². The number of amides is 1. The summed E-state index contributed by atoms with van der Waals surface area (Å²) < 4.78 is 0. The Morgan fingerprint density at radius 1 is 0.914 bits per heavy atom. The summed E-state index contributed by atoms with van der Waals surface area (Å²) in [5, 5.41) is 23.0. The smallest absolute Gasteiger partial charge is 0.324 e. The molecule has 4 rings (SSSR count). The fourth-order valence-corrected chi connectivity index (χ4v) is 6.69. The highest BCUT2D eigenvalue weighted by molar-refractivity contribution is 5.90. The molecule has 3 fully saturated rings. The molecule has 1 aromatic carbocycles. The summed E-state index contributed by atoms with van der Waals surface area (Å²) in [5.41, 5.74) is 2.96. The molecule has 35 heavy (non-hydrogen) atoms. The number of nitrogens with zero attached hydrogens (tertiary/aromatic N) is 1. The van der Waals surface area contributed by atoms with Gasteiger partial charge >= 0.3 is 5.97 Å². The number of nitrogens with one attached hydrogen (secondary N) is 2. The van der Waals surface area contributed by atoms with Crippen molar-refractivity contribution < 1.29 is 19.9 Å². The summed E-state index contributed by atoms with van der Waals surface area (Å²) in [6, 6.07) is 8.34. The highest BCUT2D eigenvalue weighted by Crippen LogP contribution is 2.44. The molecule has 192 valence electrons. The Balaban J connectivity index is 1.35. The number of benzene rings is 1. The third kappa shape index (κ3) is 6.32. The van der Waals surface area contributed by atoms with Crippen LogP contribution in [0.1, 0.15) is 81.8 Å². The molecule has 2 saturated carbocycles. The quantitative estimate of drug-likeness (QED) is 0.237. The molecule has 4 N–H and O–H groups in total. The van der Waals surface area contributed by atoms with Gasteiger partial charge in [0.1, 0.15) is 5.54 Å². The lowest BCUT2D eigenvalue weighted by Gasteiger charge is -2.47. The number of carbonyl (C=O) groups excluding carboxylic acids is 1. The van der Waals surface area contributed by atoms with Crippen LogP contribution in [0, 0.1) is 11.8 Å². The molecular weight excluding hydrogens is 442 g/mol. The minimum absolute atomic E-state index is 0.255. The third-order valence-corrected chi connectivity index (χ3v) is 8.56. The van der Waals surface area contributed by atoms with Gasteiger partial charge in [-0.25, -0.2) is 5.48 Å². The van der Waals surface area contributed by atoms with Crippen molar-refractivity contribution in [2.45, 2.75) is 88.8 Å². The van der Waals surface area contributed by atoms with Gasteiger partial charge in [-0.05, 0) is 80.7 Å². The van der Waals surface area contributed by atoms with Crippen LogP contribution in [0.25, 0.3) is 6.08 Å². The first-order chi connectivity index (χ1) is 17.0. The number of carboxylic acid groups (broad SMARTS) is 1. The zero-order valence-electron chi connectivity index (χ0n) is 20.8. The number of piperidine rings is 1. The fourth-order valence-electron chi connectivity index (χ4n) is 6.69. The average molecular weight is 484 g/mol. The Morgan fingerprint density at radius 3 is 2.03 bits per heavy atom. The second-order valence-electron chi connectivity index (χ2n) is 10.7. The van der Waals surface area contributed by atoms with E-state index in [0.717, 1.165) is 89.4 Å². The van der Waals surface area contributed by atoms with Gasteiger partial charge in [0.2, 0.25) is 0 Å². The molecule has 0 unspecified atom stereocenters. The molecule has 0 radical (unpaired) electrons. The summed E-state index contributed by atoms with van der Waals surface area (Å²) >= 11 is 0. The maximum atomic E-state index is 12.9. The summed E-state index contributed by atoms with van der Waals surface area (Å²) in [7, 11) is 0. The first-order valence-corrected chi connectivity index (χ1v) is 13.5. The predicted molar refractivity (Wildman–Crippen MR) is 136 cm³/mol. The van der Waals surface area contributed by atoms with Gasteiger partial charge in [-0.2, -0.15) is 0 Å². The van der Waals surface area contributed by atoms with Gasteiger partial charge in [0, 0.05) is 18.7 Å². The zero-order chi connectivity index (χ0) is 24.7. The largest absolute Gasteiger partial charge is 0.480 e. The number of aliphatic carboxylic acids is 1. The van der Waals surface area contributed by atoms with E-state index < -0.39 is 17.4 Å². The molecule has 7 nitrogen and oxygen atoms in total. The Bertz CT molecular complexity index is 867. The highest BCUT2D eigenvalue weighted by Gasteiger charge is 2.53. The second-order valence-corrected chi connectivity index (χ2v) is 10.7. The SMILES string of the molecule is O=C(/C=C/c1ccc(CN2CCC(N[C@](C(=O)O)(C3CCCCC3)C3CCCC3)CC2)cc1)NO. The van der Waals surface area contributed by atoms with Crippen LogP contribution >= 0.6 is 0 Å². The van der Waals surface area contributed by atoms with E-state index in [1.54, 1.807) is 11.6 Å². The first kappa shape index (κ1) is 25.9. The molecule has 2 aliphatic carbocycles. The molecule has 7 heteroatoms. The predicted octanol–water partition coefficient (Wildman–Crippen LogP) is 4.35. The Labute approximate surface area is 208 Å². The van der Waals surface area contributed by atoms with Crippen LogP contribution in [0.4, 0.5) is 0 Å². The molecule has 1 aromatic rings. The fraction of sp³-hybridized carbons (Fsp3) is 0.643. The van der Waals surface area contributed by atoms with Gasteiger partial charge in [-0.3, -0.25) is 25.0 Å². The lowest BCUT2D eigenvalue weighted by atomic mass is 9.66. The normalized spacial score (nSPS) is 22.9. The van der Waals surface area contributed by atoms with Gasteiger partial charge < -0.3 is 5.11 Å². The molecule has 1 amide bonds. The molecule has 0 spiro atoms. The number of carboxylic acids is 1. The van der Waals surface area contributed by atoms with Crippen LogP contribution in [-0.2, 0) is 16.1 Å². The van der Waals surface area contributed by atoms with Crippen LogP contribution in [0.5, 0.6) is 0 Å². The molecule has 0 bridgehead atoms. The third-order valence-electron chi connectivity index (χ3n) is 8.56. The van der Waals surface area contributed by atoms with Gasteiger partial charge in [0.25, 0.3) is 5.91 Å². The lowest BCUT2D eigenvalue weighted by molar-refractivity contribution is -0.153. The number of hydrogen-bond donors (Lipinski definition) is 4. The molecular formula is C28H41N3O4. The van der Waals surface area contributed by atoms with Crippen LogP contribution in [0.3, 0.4) is 0 Å². The second kappa shape index (κ2) is 12.2. The monoisotopic (exact) mass is 483 g/mol. The number of hydrogen-bond acceptors (Lipinski definition) is 5. The maximum absolute atomic E-state index is 12.9. The van der Waals surface area contributed by atoms with E-state index in [0.29, 0.717) is 0 Å². The summed E-state index contributed by atoms with van der Waals surface area (Å²) in [5.74, 6) is -0.638. The van der Waals surface area contributed by atoms with Crippen molar-refractivity contribution in [3.63, 3.8) is 0 Å². The number of hydroxylamine groups is 1. The summed E-state index contributed by atoms with van der Waals surface area (Å²) in [6.45, 7) is 2.78. The van der Waals surface area contributed by atoms with Crippen LogP contribution in [0.15, 0.2) is 30.3 Å². The maximum Gasteiger partial charge on any atom is 0.324 e. The minimum Gasteiger partial charge on any atom is -0.480 e. The molecule has 0 aromatic heterocycles. The highest BCUT2D eigenvalue weighted by atomic mass is 16.5. The van der Waals surface area contributed by atoms with E-state index in [2.05, 4.69) is 22.3 Å². The number of likely N-dealkylation sites (tertiary alicyclic amines) is 1. The van der Waals surface area contributed by atoms with Crippen molar-refractivity contribution in [1.29, 1.82) is 0 Å². The molecule has 1 saturated heterocycles. The van der Waals surface area contributed by atoms with Crippen molar-refractivity contribution in [1.82, 2.24) is 15.7 Å². The Morgan fingerprint density at radius 2 is 1.49 bits per heavy atom. The van der Waals surface area contributed by atoms with Crippen molar-refractivity contribution in [2.24, 2.45) is 11.8 Å². The Hall–Kier alpha value is -2.22. The topological polar surface area (TPSA) is 102 Å². The van der Waals surface area contributed by atoms with E-state index in [1.807, 2.05) is 12.1 Å². The summed E-state index contributed by atoms with van der Waals surface area (Å²) in [4.78, 5) is 26.5. The van der Waals surface area contributed by atoms with Crippen LogP contribution in [0.2, 0.25) is 0 Å². The van der Waals surface area contributed by atoms with Crippen LogP contribution < -0.4 is 10.8 Å². The van der Waals surface area contributed by atoms with Crippen molar-refractivity contribution in [3.05, 3.63) is 41.5 Å². The van der Waals surface area contributed by atoms with Gasteiger partial charge in [0.15, 0.2) is 0 Å². The van der Waals surface area contributed by atoms with E-state index in [1.165, 1.54) is 18.1 Å². The standard InChI is InChI=1S/C28H41N3O4/c32-26(30-35)15-14-21-10-12-22(13-11-21)20-31-18-16-25(17-19-31)29-28(27(33)34,24-8-4-5-9-24)23-6-2-1-3-7-23/h10-15,23-25,29,35H,1-9,16-20H2,(H,30,32)(H,33,34)/b15-14+/t28-/m1/s1. The molecule has 1 heterocycles. The van der Waals surface area contributed by atoms with Crippen molar-refractivity contribution >= 4 is 18.0 Å². The van der Waals surface area contributed by atoms with Crippen molar-refractivity contribution in [3.8, 4) is 0 Å². The number of rotatable bonds is 9. The van der Waals surface area contributed by atoms with Gasteiger partial charge in [-0.15, -0.1) is 0 Å². The molecule has 1 atom stereocenters. The summed E-state index contributed by atoms with van der Waals surface area (Å²) in [6.07, 6.45) is 15.0. The number of carbonyl (C=O) groups is 2. The first-order valence-electron chi connectivity index (χ1n) is 13.5. The molecule has 1 aliphatic heterocycles. The zero-order valence-corrected chi connectivity index (χ0v) is 20.8. The van der Waals surface area contributed by atoms with Gasteiger partial charge in [0.05, 0.1) is 0 Å². The lowest BCUT2D eigenvalue weighted by Crippen LogP contribution is -2.65. The van der Waals surface area contributed by atoms with Crippen LogP contribution in [-0.4, -0.2) is 51.8 Å². The average Bonchev–Trinajstić information content (AvgIpc) is 3.43. The van der Waals surface area contributed by atoms with Crippen molar-refractivity contribution in [2.75, 3.05) is 13.1 Å². The van der Waals surface area contributed by atoms with Gasteiger partial charge in [-0.1, -0.05) is 56.4 Å². The minimum atomic E-state index is -0.750. The van der Waals surface area contributed by atoms with E-state index in [-0.39, 0.29) is 17.9 Å². The van der Waals surface area contributed by atoms with E-state index >= 15 is 0 Å². The Kier molecular flexibility index (Phi) is 8.98.